The van der Waals surface area contributed by atoms with Crippen LogP contribution in [0, 0.1) is 11.7 Å². The molecule has 2 aromatic rings. The molecular formula is C29H42FN. The zero-order chi connectivity index (χ0) is 21.9. The van der Waals surface area contributed by atoms with E-state index < -0.39 is 0 Å². The van der Waals surface area contributed by atoms with Gasteiger partial charge in [0.25, 0.3) is 0 Å². The minimum Gasteiger partial charge on any atom is -0.256 e. The number of unbranched alkanes of at least 4 members (excludes halogenated alkanes) is 6. The molecule has 0 radical (unpaired) electrons. The van der Waals surface area contributed by atoms with E-state index in [-0.39, 0.29) is 5.82 Å². The fraction of sp³-hybridized carbons (Fsp3) is 0.621. The molecule has 0 bridgehead atoms. The molecule has 0 atom stereocenters. The van der Waals surface area contributed by atoms with Crippen molar-refractivity contribution in [2.24, 2.45) is 5.92 Å². The maximum absolute atomic E-state index is 14.7. The molecule has 1 nitrogen and oxygen atoms in total. The summed E-state index contributed by atoms with van der Waals surface area (Å²) in [6.45, 7) is 4.50. The van der Waals surface area contributed by atoms with Crippen molar-refractivity contribution in [2.45, 2.75) is 110 Å². The van der Waals surface area contributed by atoms with Crippen LogP contribution >= 0.6 is 0 Å². The summed E-state index contributed by atoms with van der Waals surface area (Å²) in [5, 5.41) is 0. The van der Waals surface area contributed by atoms with E-state index >= 15 is 0 Å². The van der Waals surface area contributed by atoms with Crippen LogP contribution in [0.15, 0.2) is 36.5 Å². The standard InChI is InChI=1S/C29H42FN/c1-3-5-7-9-11-23-13-16-25(17-14-23)26-18-20-29(31-22-26)27-19-15-24(21-28(27)30)12-10-8-6-4-2/h15,18-23,25H,3-14,16-17H2,1-2H3. The van der Waals surface area contributed by atoms with Gasteiger partial charge in [0.1, 0.15) is 5.82 Å². The topological polar surface area (TPSA) is 12.9 Å². The zero-order valence-electron chi connectivity index (χ0n) is 19.8. The first-order valence-corrected chi connectivity index (χ1v) is 13.0. The molecule has 31 heavy (non-hydrogen) atoms. The van der Waals surface area contributed by atoms with Crippen molar-refractivity contribution >= 4 is 0 Å². The van der Waals surface area contributed by atoms with Crippen molar-refractivity contribution in [2.75, 3.05) is 0 Å². The lowest BCUT2D eigenvalue weighted by atomic mass is 9.77. The second kappa shape index (κ2) is 13.0. The van der Waals surface area contributed by atoms with Crippen LogP contribution in [0.1, 0.15) is 114 Å². The molecule has 3 rings (SSSR count). The molecule has 1 aliphatic rings. The van der Waals surface area contributed by atoms with Crippen LogP contribution in [0.4, 0.5) is 4.39 Å². The van der Waals surface area contributed by atoms with E-state index in [9.17, 15) is 4.39 Å². The number of hydrogen-bond donors (Lipinski definition) is 0. The van der Waals surface area contributed by atoms with E-state index in [0.29, 0.717) is 11.5 Å². The Bertz CT molecular complexity index is 759. The van der Waals surface area contributed by atoms with Crippen LogP contribution in [-0.2, 0) is 6.42 Å². The van der Waals surface area contributed by atoms with Crippen LogP contribution in [0.5, 0.6) is 0 Å². The molecule has 0 amide bonds. The van der Waals surface area contributed by atoms with Gasteiger partial charge in [-0.1, -0.05) is 77.3 Å². The number of pyridine rings is 1. The molecule has 0 saturated heterocycles. The van der Waals surface area contributed by atoms with Gasteiger partial charge in [0.2, 0.25) is 0 Å². The second-order valence-corrected chi connectivity index (χ2v) is 9.67. The Hall–Kier alpha value is -1.70. The van der Waals surface area contributed by atoms with Crippen LogP contribution in [-0.4, -0.2) is 4.98 Å². The minimum atomic E-state index is -0.142. The van der Waals surface area contributed by atoms with Gasteiger partial charge in [-0.25, -0.2) is 4.39 Å². The van der Waals surface area contributed by atoms with Gasteiger partial charge in [0, 0.05) is 11.8 Å². The van der Waals surface area contributed by atoms with Crippen molar-refractivity contribution in [3.63, 3.8) is 0 Å². The van der Waals surface area contributed by atoms with Crippen molar-refractivity contribution in [3.05, 3.63) is 53.5 Å². The lowest BCUT2D eigenvalue weighted by Crippen LogP contribution is -2.13. The van der Waals surface area contributed by atoms with Crippen molar-refractivity contribution in [1.82, 2.24) is 4.98 Å². The Kier molecular flexibility index (Phi) is 10.0. The Labute approximate surface area is 189 Å². The fourth-order valence-corrected chi connectivity index (χ4v) is 5.13. The highest BCUT2D eigenvalue weighted by Gasteiger charge is 2.22. The molecule has 1 saturated carbocycles. The summed E-state index contributed by atoms with van der Waals surface area (Å²) >= 11 is 0. The summed E-state index contributed by atoms with van der Waals surface area (Å²) in [5.41, 5.74) is 3.81. The smallest absolute Gasteiger partial charge is 0.132 e. The molecule has 1 fully saturated rings. The lowest BCUT2D eigenvalue weighted by Gasteiger charge is -2.28. The molecule has 1 aromatic heterocycles. The lowest BCUT2D eigenvalue weighted by molar-refractivity contribution is 0.302. The number of rotatable bonds is 12. The highest BCUT2D eigenvalue weighted by atomic mass is 19.1. The van der Waals surface area contributed by atoms with Gasteiger partial charge >= 0.3 is 0 Å². The van der Waals surface area contributed by atoms with E-state index in [2.05, 4.69) is 31.0 Å². The molecule has 1 aliphatic carbocycles. The van der Waals surface area contributed by atoms with Gasteiger partial charge in [-0.15, -0.1) is 0 Å². The molecule has 170 valence electrons. The molecule has 0 unspecified atom stereocenters. The molecule has 0 spiro atoms. The molecule has 1 heterocycles. The molecule has 2 heteroatoms. The summed E-state index contributed by atoms with van der Waals surface area (Å²) in [5.74, 6) is 1.41. The van der Waals surface area contributed by atoms with Gasteiger partial charge < -0.3 is 0 Å². The van der Waals surface area contributed by atoms with Gasteiger partial charge in [-0.2, -0.15) is 0 Å². The third-order valence-electron chi connectivity index (χ3n) is 7.20. The van der Waals surface area contributed by atoms with E-state index in [0.717, 1.165) is 30.0 Å². The number of benzene rings is 1. The van der Waals surface area contributed by atoms with Crippen LogP contribution in [0.25, 0.3) is 11.3 Å². The number of aromatic nitrogens is 1. The van der Waals surface area contributed by atoms with Gasteiger partial charge in [0.05, 0.1) is 5.69 Å². The zero-order valence-corrected chi connectivity index (χ0v) is 19.8. The molecule has 0 N–H and O–H groups in total. The van der Waals surface area contributed by atoms with Gasteiger partial charge in [0.15, 0.2) is 0 Å². The Balaban J connectivity index is 1.51. The third kappa shape index (κ3) is 7.44. The fourth-order valence-electron chi connectivity index (χ4n) is 5.13. The minimum absolute atomic E-state index is 0.142. The van der Waals surface area contributed by atoms with Gasteiger partial charge in [-0.05, 0) is 79.7 Å². The number of hydrogen-bond acceptors (Lipinski definition) is 1. The molecule has 1 aromatic carbocycles. The largest absolute Gasteiger partial charge is 0.256 e. The summed E-state index contributed by atoms with van der Waals surface area (Å²) < 4.78 is 14.7. The average molecular weight is 424 g/mol. The van der Waals surface area contributed by atoms with Crippen molar-refractivity contribution < 1.29 is 4.39 Å². The predicted octanol–water partition coefficient (Wildman–Crippen LogP) is 9.25. The highest BCUT2D eigenvalue weighted by Crippen LogP contribution is 2.38. The molecular weight excluding hydrogens is 381 g/mol. The van der Waals surface area contributed by atoms with E-state index in [4.69, 9.17) is 0 Å². The number of nitrogens with zero attached hydrogens (tertiary/aromatic N) is 1. The highest BCUT2D eigenvalue weighted by molar-refractivity contribution is 5.60. The van der Waals surface area contributed by atoms with Crippen molar-refractivity contribution in [3.8, 4) is 11.3 Å². The third-order valence-corrected chi connectivity index (χ3v) is 7.20. The quantitative estimate of drug-likeness (QED) is 0.310. The van der Waals surface area contributed by atoms with Crippen LogP contribution in [0.2, 0.25) is 0 Å². The van der Waals surface area contributed by atoms with E-state index in [1.165, 1.54) is 82.6 Å². The Morgan fingerprint density at radius 1 is 0.839 bits per heavy atom. The average Bonchev–Trinajstić information content (AvgIpc) is 2.80. The van der Waals surface area contributed by atoms with Crippen LogP contribution < -0.4 is 0 Å². The summed E-state index contributed by atoms with van der Waals surface area (Å²) in [6, 6.07) is 9.90. The first kappa shape index (κ1) is 24.0. The SMILES string of the molecule is CCCCCCc1ccc(-c2ccc(C3CCC(CCCCCC)CC3)cn2)c(F)c1. The summed E-state index contributed by atoms with van der Waals surface area (Å²) in [7, 11) is 0. The first-order chi connectivity index (χ1) is 15.2. The predicted molar refractivity (Wildman–Crippen MR) is 131 cm³/mol. The van der Waals surface area contributed by atoms with E-state index in [1.807, 2.05) is 18.3 Å². The number of aryl methyl sites for hydroxylation is 1. The van der Waals surface area contributed by atoms with Crippen LogP contribution in [0.3, 0.4) is 0 Å². The van der Waals surface area contributed by atoms with Gasteiger partial charge in [-0.3, -0.25) is 4.98 Å². The maximum atomic E-state index is 14.7. The molecule has 0 aliphatic heterocycles. The number of halogens is 1. The van der Waals surface area contributed by atoms with E-state index in [1.54, 1.807) is 6.07 Å². The maximum Gasteiger partial charge on any atom is 0.132 e. The summed E-state index contributed by atoms with van der Waals surface area (Å²) in [6.07, 6.45) is 20.0. The van der Waals surface area contributed by atoms with Crippen molar-refractivity contribution in [1.29, 1.82) is 0 Å². The first-order valence-electron chi connectivity index (χ1n) is 13.0. The Morgan fingerprint density at radius 3 is 2.23 bits per heavy atom. The normalized spacial score (nSPS) is 18.9. The second-order valence-electron chi connectivity index (χ2n) is 9.67. The summed E-state index contributed by atoms with van der Waals surface area (Å²) in [4.78, 5) is 4.65. The monoisotopic (exact) mass is 423 g/mol. The Morgan fingerprint density at radius 2 is 1.58 bits per heavy atom.